The van der Waals surface area contributed by atoms with Crippen LogP contribution in [0.4, 0.5) is 11.4 Å². The number of carbonyl (C=O) groups excluding carboxylic acids is 1. The molecule has 0 spiro atoms. The summed E-state index contributed by atoms with van der Waals surface area (Å²) >= 11 is 0. The lowest BCUT2D eigenvalue weighted by Gasteiger charge is -2.45. The third-order valence-electron chi connectivity index (χ3n) is 4.50. The number of nitro groups is 1. The minimum atomic E-state index is -0.982. The first-order chi connectivity index (χ1) is 10.7. The summed E-state index contributed by atoms with van der Waals surface area (Å²) in [6.45, 7) is 3.92. The molecule has 1 amide bonds. The molecule has 2 atom stereocenters. The number of amides is 1. The Balaban J connectivity index is 2.15. The molecule has 2 aliphatic rings. The van der Waals surface area contributed by atoms with E-state index in [2.05, 4.69) is 0 Å². The van der Waals surface area contributed by atoms with Gasteiger partial charge in [0.05, 0.1) is 17.0 Å². The number of aliphatic hydroxyl groups is 1. The molecule has 1 fully saturated rings. The predicted molar refractivity (Wildman–Crippen MR) is 81.9 cm³/mol. The predicted octanol–water partition coefficient (Wildman–Crippen LogP) is 1.37. The van der Waals surface area contributed by atoms with Gasteiger partial charge in [-0.2, -0.15) is 0 Å². The monoisotopic (exact) mass is 321 g/mol. The minimum Gasteiger partial charge on any atom is -0.484 e. The molecule has 1 aromatic carbocycles. The van der Waals surface area contributed by atoms with Crippen molar-refractivity contribution < 1.29 is 19.6 Å². The van der Waals surface area contributed by atoms with Crippen molar-refractivity contribution >= 4 is 17.3 Å². The van der Waals surface area contributed by atoms with Crippen LogP contribution in [0.15, 0.2) is 12.1 Å². The summed E-state index contributed by atoms with van der Waals surface area (Å²) in [4.78, 5) is 24.2. The Morgan fingerprint density at radius 2 is 2.17 bits per heavy atom. The number of likely N-dealkylation sites (tertiary alicyclic amines) is 1. The van der Waals surface area contributed by atoms with Crippen LogP contribution in [-0.2, 0) is 4.79 Å². The smallest absolute Gasteiger partial charge is 0.295 e. The van der Waals surface area contributed by atoms with Crippen molar-refractivity contribution in [2.75, 3.05) is 12.3 Å². The maximum absolute atomic E-state index is 12.1. The molecule has 0 aromatic heterocycles. The van der Waals surface area contributed by atoms with Crippen molar-refractivity contribution in [1.82, 2.24) is 4.90 Å². The lowest BCUT2D eigenvalue weighted by molar-refractivity contribution is -0.384. The van der Waals surface area contributed by atoms with Crippen LogP contribution in [0.5, 0.6) is 5.75 Å². The van der Waals surface area contributed by atoms with Crippen LogP contribution in [0.25, 0.3) is 0 Å². The number of rotatable bonds is 2. The molecule has 1 saturated heterocycles. The topological polar surface area (TPSA) is 119 Å². The van der Waals surface area contributed by atoms with Crippen LogP contribution >= 0.6 is 0 Å². The van der Waals surface area contributed by atoms with Gasteiger partial charge in [-0.25, -0.2) is 0 Å². The third kappa shape index (κ3) is 2.39. The van der Waals surface area contributed by atoms with E-state index in [0.29, 0.717) is 18.5 Å². The molecule has 2 heterocycles. The molecule has 124 valence electrons. The number of hydrogen-bond donors (Lipinski definition) is 2. The van der Waals surface area contributed by atoms with Gasteiger partial charge in [-0.15, -0.1) is 0 Å². The Morgan fingerprint density at radius 3 is 2.74 bits per heavy atom. The van der Waals surface area contributed by atoms with Crippen molar-refractivity contribution in [2.45, 2.75) is 44.4 Å². The van der Waals surface area contributed by atoms with E-state index in [4.69, 9.17) is 10.5 Å². The summed E-state index contributed by atoms with van der Waals surface area (Å²) in [6, 6.07) is 2.08. The van der Waals surface area contributed by atoms with Crippen LogP contribution < -0.4 is 10.5 Å². The molecule has 8 heteroatoms. The molecule has 0 radical (unpaired) electrons. The van der Waals surface area contributed by atoms with E-state index in [1.165, 1.54) is 12.1 Å². The van der Waals surface area contributed by atoms with Crippen molar-refractivity contribution in [3.05, 3.63) is 27.8 Å². The minimum absolute atomic E-state index is 0.0131. The number of aliphatic hydroxyl groups excluding tert-OH is 1. The van der Waals surface area contributed by atoms with Crippen LogP contribution in [-0.4, -0.2) is 39.1 Å². The second kappa shape index (κ2) is 5.09. The molecule has 1 aromatic rings. The normalized spacial score (nSPS) is 25.9. The zero-order valence-electron chi connectivity index (χ0n) is 13.0. The zero-order chi connectivity index (χ0) is 16.9. The van der Waals surface area contributed by atoms with E-state index >= 15 is 0 Å². The number of nitro benzene ring substituents is 1. The molecule has 0 saturated carbocycles. The summed E-state index contributed by atoms with van der Waals surface area (Å²) in [5.41, 5.74) is 5.04. The maximum Gasteiger partial charge on any atom is 0.295 e. The van der Waals surface area contributed by atoms with Gasteiger partial charge >= 0.3 is 0 Å². The van der Waals surface area contributed by atoms with E-state index in [0.717, 1.165) is 6.42 Å². The maximum atomic E-state index is 12.1. The van der Waals surface area contributed by atoms with Crippen LogP contribution in [0.1, 0.15) is 38.3 Å². The van der Waals surface area contributed by atoms with Gasteiger partial charge in [-0.3, -0.25) is 14.9 Å². The van der Waals surface area contributed by atoms with Gasteiger partial charge in [0.2, 0.25) is 5.91 Å². The van der Waals surface area contributed by atoms with Gasteiger partial charge in [-0.1, -0.05) is 0 Å². The van der Waals surface area contributed by atoms with Crippen molar-refractivity contribution in [3.63, 3.8) is 0 Å². The number of fused-ring (bicyclic) bond motifs is 1. The molecule has 0 aliphatic carbocycles. The molecule has 23 heavy (non-hydrogen) atoms. The molecule has 0 unspecified atom stereocenters. The lowest BCUT2D eigenvalue weighted by atomic mass is 9.85. The van der Waals surface area contributed by atoms with E-state index in [-0.39, 0.29) is 23.0 Å². The quantitative estimate of drug-likeness (QED) is 0.482. The van der Waals surface area contributed by atoms with Gasteiger partial charge in [0.25, 0.3) is 5.69 Å². The van der Waals surface area contributed by atoms with Crippen LogP contribution in [0.3, 0.4) is 0 Å². The van der Waals surface area contributed by atoms with Crippen molar-refractivity contribution in [2.24, 2.45) is 0 Å². The van der Waals surface area contributed by atoms with Gasteiger partial charge in [0.1, 0.15) is 23.1 Å². The van der Waals surface area contributed by atoms with Crippen molar-refractivity contribution in [3.8, 4) is 5.75 Å². The number of anilines is 1. The fourth-order valence-electron chi connectivity index (χ4n) is 3.28. The largest absolute Gasteiger partial charge is 0.484 e. The SMILES string of the molecule is CC1(C)Oc2cc([N+](=O)[O-])c(N)cc2[C@@H](N2CCCC2=O)[C@@H]1O. The first-order valence-electron chi connectivity index (χ1n) is 7.46. The van der Waals surface area contributed by atoms with E-state index in [1.54, 1.807) is 18.7 Å². The molecular weight excluding hydrogens is 302 g/mol. The zero-order valence-corrected chi connectivity index (χ0v) is 13.0. The average molecular weight is 321 g/mol. The molecule has 3 rings (SSSR count). The summed E-state index contributed by atoms with van der Waals surface area (Å²) in [5, 5.41) is 21.8. The Labute approximate surface area is 133 Å². The van der Waals surface area contributed by atoms with Gasteiger partial charge in [0, 0.05) is 18.5 Å². The Morgan fingerprint density at radius 1 is 1.48 bits per heavy atom. The molecule has 2 aliphatic heterocycles. The highest BCUT2D eigenvalue weighted by molar-refractivity contribution is 5.79. The molecule has 8 nitrogen and oxygen atoms in total. The number of nitrogens with zero attached hydrogens (tertiary/aromatic N) is 2. The fraction of sp³-hybridized carbons (Fsp3) is 0.533. The number of nitrogens with two attached hydrogens (primary N) is 1. The number of benzene rings is 1. The van der Waals surface area contributed by atoms with E-state index in [9.17, 15) is 20.0 Å². The first-order valence-corrected chi connectivity index (χ1v) is 7.46. The highest BCUT2D eigenvalue weighted by atomic mass is 16.6. The van der Waals surface area contributed by atoms with E-state index < -0.39 is 22.7 Å². The van der Waals surface area contributed by atoms with E-state index in [1.807, 2.05) is 0 Å². The number of ether oxygens (including phenoxy) is 1. The summed E-state index contributed by atoms with van der Waals surface area (Å²) in [6.07, 6.45) is 0.196. The first kappa shape index (κ1) is 15.5. The second-order valence-corrected chi connectivity index (χ2v) is 6.49. The van der Waals surface area contributed by atoms with Crippen LogP contribution in [0.2, 0.25) is 0 Å². The van der Waals surface area contributed by atoms with Gasteiger partial charge in [-0.05, 0) is 26.3 Å². The third-order valence-corrected chi connectivity index (χ3v) is 4.50. The Bertz CT molecular complexity index is 688. The molecule has 0 bridgehead atoms. The Hall–Kier alpha value is -2.35. The summed E-state index contributed by atoms with van der Waals surface area (Å²) in [5.74, 6) is 0.237. The molecule has 3 N–H and O–H groups in total. The summed E-state index contributed by atoms with van der Waals surface area (Å²) in [7, 11) is 0. The Kier molecular flexibility index (Phi) is 3.44. The fourth-order valence-corrected chi connectivity index (χ4v) is 3.28. The average Bonchev–Trinajstić information content (AvgIpc) is 2.86. The van der Waals surface area contributed by atoms with Gasteiger partial charge < -0.3 is 20.5 Å². The second-order valence-electron chi connectivity index (χ2n) is 6.49. The van der Waals surface area contributed by atoms with Crippen LogP contribution in [0, 0.1) is 10.1 Å². The highest BCUT2D eigenvalue weighted by Crippen LogP contribution is 2.46. The summed E-state index contributed by atoms with van der Waals surface area (Å²) < 4.78 is 5.75. The number of nitrogen functional groups attached to an aromatic ring is 1. The number of hydrogen-bond acceptors (Lipinski definition) is 6. The van der Waals surface area contributed by atoms with Crippen molar-refractivity contribution in [1.29, 1.82) is 0 Å². The number of carbonyl (C=O) groups is 1. The van der Waals surface area contributed by atoms with Gasteiger partial charge in [0.15, 0.2) is 0 Å². The lowest BCUT2D eigenvalue weighted by Crippen LogP contribution is -2.53. The standard InChI is InChI=1S/C15H19N3O5/c1-15(2)14(20)13(17-5-3-4-12(17)19)8-6-9(16)10(18(21)22)7-11(8)23-15/h6-7,13-14,20H,3-5,16H2,1-2H3/t13-,14+/m1/s1. The molecular formula is C15H19N3O5. The highest BCUT2D eigenvalue weighted by Gasteiger charge is 2.48.